The van der Waals surface area contributed by atoms with E-state index in [4.69, 9.17) is 20.6 Å². The van der Waals surface area contributed by atoms with Gasteiger partial charge in [0.1, 0.15) is 17.2 Å². The summed E-state index contributed by atoms with van der Waals surface area (Å²) in [6.07, 6.45) is -0.110. The standard InChI is InChI=1S/C29H33N5O5S/c1-16(25-11-19(15-40-25)27(30)31)33-29(37)22-9-17(14-38-2)13-34(22)26(35)12-32-28(36)18-7-8-24-21(10-18)20-5-3-4-6-23(20)39-24/h3-8,10-11,15-17,22,27H,9,12-14,30-31H2,1-2H3,(H,32,36)(H,33,37)/t16-,17-,22+/m1/s1. The maximum atomic E-state index is 13.3. The molecule has 1 fully saturated rings. The Bertz CT molecular complexity index is 1550. The smallest absolute Gasteiger partial charge is 0.251 e. The van der Waals surface area contributed by atoms with Crippen molar-refractivity contribution in [1.82, 2.24) is 15.5 Å². The Morgan fingerprint density at radius 3 is 2.65 bits per heavy atom. The van der Waals surface area contributed by atoms with Crippen LogP contribution < -0.4 is 22.1 Å². The van der Waals surface area contributed by atoms with Gasteiger partial charge in [0.25, 0.3) is 5.91 Å². The van der Waals surface area contributed by atoms with Crippen LogP contribution in [0.15, 0.2) is 58.3 Å². The molecule has 0 spiro atoms. The molecule has 1 aliphatic rings. The minimum Gasteiger partial charge on any atom is -0.456 e. The molecule has 6 N–H and O–H groups in total. The minimum atomic E-state index is -0.670. The number of methoxy groups -OCH3 is 1. The number of nitrogens with one attached hydrogen (secondary N) is 2. The normalized spacial score (nSPS) is 18.0. The van der Waals surface area contributed by atoms with Crippen molar-refractivity contribution >= 4 is 51.0 Å². The quantitative estimate of drug-likeness (QED) is 0.228. The van der Waals surface area contributed by atoms with E-state index in [1.807, 2.05) is 42.6 Å². The van der Waals surface area contributed by atoms with Crippen LogP contribution in [-0.2, 0) is 14.3 Å². The van der Waals surface area contributed by atoms with Gasteiger partial charge in [0.05, 0.1) is 25.4 Å². The fraction of sp³-hybridized carbons (Fsp3) is 0.345. The number of rotatable bonds is 9. The van der Waals surface area contributed by atoms with Crippen LogP contribution in [0, 0.1) is 5.92 Å². The van der Waals surface area contributed by atoms with Crippen molar-refractivity contribution in [3.05, 3.63) is 69.9 Å². The van der Waals surface area contributed by atoms with Crippen LogP contribution in [0.25, 0.3) is 21.9 Å². The topological polar surface area (TPSA) is 153 Å². The molecule has 3 amide bonds. The SMILES string of the molecule is COC[C@@H]1C[C@@H](C(=O)N[C@H](C)c2cc(C(N)N)cs2)N(C(=O)CNC(=O)c2ccc3oc4ccccc4c3c2)C1. The Kier molecular flexibility index (Phi) is 8.17. The van der Waals surface area contributed by atoms with Crippen LogP contribution in [0.5, 0.6) is 0 Å². The number of benzene rings is 2. The number of para-hydroxylation sites is 1. The van der Waals surface area contributed by atoms with Crippen LogP contribution in [0.1, 0.15) is 46.4 Å². The number of fused-ring (bicyclic) bond motifs is 3. The highest BCUT2D eigenvalue weighted by Gasteiger charge is 2.40. The molecule has 2 aromatic carbocycles. The summed E-state index contributed by atoms with van der Waals surface area (Å²) in [5.41, 5.74) is 14.2. The van der Waals surface area contributed by atoms with Crippen molar-refractivity contribution in [3.63, 3.8) is 0 Å². The largest absolute Gasteiger partial charge is 0.456 e. The molecule has 11 heteroatoms. The Labute approximate surface area is 235 Å². The Hall–Kier alpha value is -3.77. The van der Waals surface area contributed by atoms with E-state index in [0.717, 1.165) is 26.8 Å². The third-order valence-electron chi connectivity index (χ3n) is 7.26. The maximum Gasteiger partial charge on any atom is 0.251 e. The number of carbonyl (C=O) groups excluding carboxylic acids is 3. The molecule has 1 saturated heterocycles. The van der Waals surface area contributed by atoms with Crippen molar-refractivity contribution in [2.75, 3.05) is 26.8 Å². The van der Waals surface area contributed by atoms with Gasteiger partial charge in [-0.15, -0.1) is 11.3 Å². The highest BCUT2D eigenvalue weighted by molar-refractivity contribution is 7.10. The Morgan fingerprint density at radius 1 is 1.12 bits per heavy atom. The Balaban J connectivity index is 1.25. The fourth-order valence-corrected chi connectivity index (χ4v) is 6.15. The zero-order valence-corrected chi connectivity index (χ0v) is 23.2. The van der Waals surface area contributed by atoms with Crippen molar-refractivity contribution in [2.45, 2.75) is 31.6 Å². The van der Waals surface area contributed by atoms with E-state index in [1.165, 1.54) is 16.2 Å². The predicted octanol–water partition coefficient (Wildman–Crippen LogP) is 3.03. The van der Waals surface area contributed by atoms with E-state index in [2.05, 4.69) is 10.6 Å². The van der Waals surface area contributed by atoms with Crippen molar-refractivity contribution in [2.24, 2.45) is 17.4 Å². The van der Waals surface area contributed by atoms with Gasteiger partial charge in [-0.25, -0.2) is 0 Å². The number of nitrogens with two attached hydrogens (primary N) is 2. The third-order valence-corrected chi connectivity index (χ3v) is 8.40. The monoisotopic (exact) mass is 563 g/mol. The fourth-order valence-electron chi connectivity index (χ4n) is 5.18. The molecule has 0 aliphatic carbocycles. The summed E-state index contributed by atoms with van der Waals surface area (Å²) >= 11 is 1.47. The molecule has 4 aromatic rings. The number of hydrogen-bond donors (Lipinski definition) is 4. The summed E-state index contributed by atoms with van der Waals surface area (Å²) in [7, 11) is 1.60. The molecular weight excluding hydrogens is 530 g/mol. The van der Waals surface area contributed by atoms with E-state index in [-0.39, 0.29) is 36.2 Å². The molecule has 3 heterocycles. The summed E-state index contributed by atoms with van der Waals surface area (Å²) in [4.78, 5) is 42.0. The summed E-state index contributed by atoms with van der Waals surface area (Å²) in [5, 5.41) is 9.35. The van der Waals surface area contributed by atoms with E-state index in [9.17, 15) is 14.4 Å². The van der Waals surface area contributed by atoms with Crippen LogP contribution in [0.3, 0.4) is 0 Å². The average Bonchev–Trinajstić information content (AvgIpc) is 3.68. The number of furan rings is 1. The van der Waals surface area contributed by atoms with Gasteiger partial charge in [0, 0.05) is 40.8 Å². The zero-order chi connectivity index (χ0) is 28.4. The number of ether oxygens (including phenoxy) is 1. The van der Waals surface area contributed by atoms with Gasteiger partial charge in [0.15, 0.2) is 0 Å². The number of nitrogens with zero attached hydrogens (tertiary/aromatic N) is 1. The summed E-state index contributed by atoms with van der Waals surface area (Å²) in [5.74, 6) is -0.956. The van der Waals surface area contributed by atoms with Crippen LogP contribution >= 0.6 is 11.3 Å². The van der Waals surface area contributed by atoms with Crippen molar-refractivity contribution in [3.8, 4) is 0 Å². The summed E-state index contributed by atoms with van der Waals surface area (Å²) in [6.45, 7) is 2.44. The predicted molar refractivity (Wildman–Crippen MR) is 154 cm³/mol. The number of carbonyl (C=O) groups is 3. The molecular formula is C29H33N5O5S. The van der Waals surface area contributed by atoms with Gasteiger partial charge in [-0.1, -0.05) is 18.2 Å². The number of likely N-dealkylation sites (tertiary alicyclic amines) is 1. The lowest BCUT2D eigenvalue weighted by atomic mass is 10.1. The maximum absolute atomic E-state index is 13.3. The molecule has 2 aromatic heterocycles. The van der Waals surface area contributed by atoms with Gasteiger partial charge in [-0.05, 0) is 54.6 Å². The highest BCUT2D eigenvalue weighted by atomic mass is 32.1. The highest BCUT2D eigenvalue weighted by Crippen LogP contribution is 2.30. The molecule has 0 saturated carbocycles. The molecule has 40 heavy (non-hydrogen) atoms. The second-order valence-corrected chi connectivity index (χ2v) is 11.1. The summed E-state index contributed by atoms with van der Waals surface area (Å²) < 4.78 is 11.1. The second kappa shape index (κ2) is 11.8. The van der Waals surface area contributed by atoms with Gasteiger partial charge in [-0.3, -0.25) is 14.4 Å². The molecule has 10 nitrogen and oxygen atoms in total. The lowest BCUT2D eigenvalue weighted by Crippen LogP contribution is -2.49. The first-order valence-electron chi connectivity index (χ1n) is 13.1. The molecule has 1 aliphatic heterocycles. The van der Waals surface area contributed by atoms with Crippen molar-refractivity contribution in [1.29, 1.82) is 0 Å². The first kappa shape index (κ1) is 27.8. The van der Waals surface area contributed by atoms with Gasteiger partial charge in [-0.2, -0.15) is 0 Å². The molecule has 0 radical (unpaired) electrons. The molecule has 210 valence electrons. The number of amides is 3. The zero-order valence-electron chi connectivity index (χ0n) is 22.4. The lowest BCUT2D eigenvalue weighted by molar-refractivity contribution is -0.138. The molecule has 0 unspecified atom stereocenters. The van der Waals surface area contributed by atoms with Gasteiger partial charge >= 0.3 is 0 Å². The van der Waals surface area contributed by atoms with E-state index in [0.29, 0.717) is 30.7 Å². The number of hydrogen-bond acceptors (Lipinski definition) is 8. The van der Waals surface area contributed by atoms with Crippen molar-refractivity contribution < 1.29 is 23.5 Å². The second-order valence-electron chi connectivity index (χ2n) is 10.1. The molecule has 5 rings (SSSR count). The van der Waals surface area contributed by atoms with E-state index in [1.54, 1.807) is 25.3 Å². The first-order chi connectivity index (χ1) is 19.2. The van der Waals surface area contributed by atoms with E-state index < -0.39 is 12.2 Å². The van der Waals surface area contributed by atoms with Crippen LogP contribution in [0.4, 0.5) is 0 Å². The van der Waals surface area contributed by atoms with Gasteiger partial charge < -0.3 is 36.2 Å². The van der Waals surface area contributed by atoms with E-state index >= 15 is 0 Å². The lowest BCUT2D eigenvalue weighted by Gasteiger charge is -2.25. The van der Waals surface area contributed by atoms with Crippen LogP contribution in [-0.4, -0.2) is 55.5 Å². The molecule has 0 bridgehead atoms. The van der Waals surface area contributed by atoms with Crippen LogP contribution in [0.2, 0.25) is 0 Å². The average molecular weight is 564 g/mol. The third kappa shape index (κ3) is 5.73. The minimum absolute atomic E-state index is 0.0102. The molecule has 3 atom stereocenters. The first-order valence-corrected chi connectivity index (χ1v) is 14.0. The number of thiophene rings is 1. The van der Waals surface area contributed by atoms with Gasteiger partial charge in [0.2, 0.25) is 11.8 Å². The Morgan fingerprint density at radius 2 is 1.90 bits per heavy atom. The summed E-state index contributed by atoms with van der Waals surface area (Å²) in [6, 6.07) is 13.7.